The number of carboxylic acids is 1. The van der Waals surface area contributed by atoms with Crippen molar-refractivity contribution in [2.75, 3.05) is 14.2 Å². The second-order valence-electron chi connectivity index (χ2n) is 7.23. The molecule has 0 amide bonds. The lowest BCUT2D eigenvalue weighted by molar-refractivity contribution is -0.143. The van der Waals surface area contributed by atoms with Crippen molar-refractivity contribution >= 4 is 42.5 Å². The molecule has 13 heteroatoms. The molecule has 10 nitrogen and oxygen atoms in total. The minimum absolute atomic E-state index is 0.222. The molecule has 0 radical (unpaired) electrons. The zero-order chi connectivity index (χ0) is 26.5. The highest BCUT2D eigenvalue weighted by molar-refractivity contribution is 8.26. The van der Waals surface area contributed by atoms with E-state index < -0.39 is 21.2 Å². The molecule has 6 N–H and O–H groups in total. The van der Waals surface area contributed by atoms with E-state index in [9.17, 15) is 19.8 Å². The minimum Gasteiger partial charge on any atom is -0.508 e. The molecule has 0 aromatic heterocycles. The highest BCUT2D eigenvalue weighted by atomic mass is 36.0. The highest BCUT2D eigenvalue weighted by Crippen LogP contribution is 2.22. The minimum atomic E-state index is -1.67. The molecule has 2 aliphatic rings. The Balaban J connectivity index is 0.000000287. The number of aromatic hydroxyl groups is 2. The van der Waals surface area contributed by atoms with E-state index in [0.717, 1.165) is 29.4 Å². The molecule has 2 aliphatic heterocycles. The Morgan fingerprint density at radius 1 is 0.886 bits per heavy atom. The zero-order valence-electron chi connectivity index (χ0n) is 19.0. The van der Waals surface area contributed by atoms with Crippen molar-refractivity contribution in [1.29, 1.82) is 0 Å². The summed E-state index contributed by atoms with van der Waals surface area (Å²) in [5, 5.41) is 40.3. The average Bonchev–Trinajstić information content (AvgIpc) is 2.84. The Morgan fingerprint density at radius 2 is 1.29 bits per heavy atom. The van der Waals surface area contributed by atoms with Gasteiger partial charge in [0, 0.05) is 41.6 Å². The van der Waals surface area contributed by atoms with Gasteiger partial charge in [0.25, 0.3) is 0 Å². The fraction of sp³-hybridized carbons (Fsp3) is 0.364. The summed E-state index contributed by atoms with van der Waals surface area (Å²) in [6.07, 6.45) is 1.09. The van der Waals surface area contributed by atoms with E-state index in [-0.39, 0.29) is 23.5 Å². The first-order valence-electron chi connectivity index (χ1n) is 10.2. The molecule has 2 aromatic carbocycles. The summed E-state index contributed by atoms with van der Waals surface area (Å²) in [6.45, 7) is 1.09. The molecular formula is C22H28Cl2N2O8S. The summed E-state index contributed by atoms with van der Waals surface area (Å²) in [4.78, 5) is 22.0. The van der Waals surface area contributed by atoms with Gasteiger partial charge in [0.1, 0.15) is 23.6 Å². The van der Waals surface area contributed by atoms with Gasteiger partial charge in [0.2, 0.25) is 9.23 Å². The Bertz CT molecular complexity index is 1020. The van der Waals surface area contributed by atoms with Gasteiger partial charge in [-0.05, 0) is 59.4 Å². The molecule has 0 saturated carbocycles. The van der Waals surface area contributed by atoms with Gasteiger partial charge in [-0.2, -0.15) is 0 Å². The Labute approximate surface area is 214 Å². The molecule has 0 saturated heterocycles. The molecule has 2 atom stereocenters. The maximum atomic E-state index is 11.3. The molecule has 0 bridgehead atoms. The van der Waals surface area contributed by atoms with Crippen molar-refractivity contribution in [1.82, 2.24) is 10.6 Å². The van der Waals surface area contributed by atoms with E-state index >= 15 is 0 Å². The normalized spacial score (nSPS) is 17.5. The number of methoxy groups -OCH3 is 1. The fourth-order valence-corrected chi connectivity index (χ4v) is 3.49. The third-order valence-corrected chi connectivity index (χ3v) is 5.09. The summed E-state index contributed by atoms with van der Waals surface area (Å²) in [5.41, 5.74) is 4.09. The number of carbonyl (C=O) groups is 2. The number of nitrogens with one attached hydrogen (secondary N) is 2. The molecule has 0 fully saturated rings. The lowest BCUT2D eigenvalue weighted by Gasteiger charge is -2.24. The first-order valence-corrected chi connectivity index (χ1v) is 13.0. The number of benzene rings is 2. The van der Waals surface area contributed by atoms with Crippen molar-refractivity contribution in [2.45, 2.75) is 38.0 Å². The zero-order valence-corrected chi connectivity index (χ0v) is 21.4. The molecule has 4 rings (SSSR count). The van der Waals surface area contributed by atoms with E-state index in [4.69, 9.17) is 14.4 Å². The number of halogens is 2. The molecule has 194 valence electrons. The van der Waals surface area contributed by atoms with Crippen LogP contribution in [0.4, 0.5) is 0 Å². The largest absolute Gasteiger partial charge is 0.508 e. The van der Waals surface area contributed by atoms with Gasteiger partial charge in [-0.15, -0.1) is 0 Å². The van der Waals surface area contributed by atoms with Crippen LogP contribution in [-0.4, -0.2) is 62.9 Å². The van der Waals surface area contributed by atoms with Crippen molar-refractivity contribution in [3.8, 4) is 11.5 Å². The van der Waals surface area contributed by atoms with E-state index in [1.54, 1.807) is 30.3 Å². The van der Waals surface area contributed by atoms with Crippen LogP contribution < -0.4 is 10.6 Å². The number of ether oxygens (including phenoxy) is 1. The average molecular weight is 551 g/mol. The highest BCUT2D eigenvalue weighted by Gasteiger charge is 2.25. The number of phenolic OH excluding ortho intramolecular Hbond substituents is 2. The van der Waals surface area contributed by atoms with Crippen molar-refractivity contribution in [3.63, 3.8) is 0 Å². The third kappa shape index (κ3) is 10.4. The van der Waals surface area contributed by atoms with E-state index in [1.807, 2.05) is 6.07 Å². The van der Waals surface area contributed by atoms with Crippen LogP contribution in [0.15, 0.2) is 36.4 Å². The maximum Gasteiger partial charge on any atom is 0.323 e. The monoisotopic (exact) mass is 550 g/mol. The number of carbonyl (C=O) groups excluding carboxylic acids is 1. The van der Waals surface area contributed by atoms with E-state index in [0.29, 0.717) is 25.9 Å². The second-order valence-corrected chi connectivity index (χ2v) is 9.75. The van der Waals surface area contributed by atoms with Crippen LogP contribution >= 0.6 is 21.4 Å². The maximum absolute atomic E-state index is 11.3. The first kappa shape index (κ1) is 30.6. The van der Waals surface area contributed by atoms with Gasteiger partial charge in [0.15, 0.2) is 0 Å². The predicted octanol–water partition coefficient (Wildman–Crippen LogP) is 1.72. The van der Waals surface area contributed by atoms with Gasteiger partial charge in [0.05, 0.1) is 7.11 Å². The van der Waals surface area contributed by atoms with Gasteiger partial charge >= 0.3 is 11.9 Å². The number of fused-ring (bicyclic) bond motifs is 2. The van der Waals surface area contributed by atoms with Crippen LogP contribution in [-0.2, 0) is 49.5 Å². The van der Waals surface area contributed by atoms with Crippen LogP contribution in [0.3, 0.4) is 0 Å². The summed E-state index contributed by atoms with van der Waals surface area (Å²) in [7, 11) is 9.74. The number of hydrogen-bond donors (Lipinski definition) is 6. The van der Waals surface area contributed by atoms with Crippen LogP contribution in [0.5, 0.6) is 11.5 Å². The van der Waals surface area contributed by atoms with Crippen molar-refractivity contribution < 1.29 is 39.0 Å². The van der Waals surface area contributed by atoms with Gasteiger partial charge in [-0.3, -0.25) is 9.59 Å². The number of aliphatic hydroxyl groups excluding tert-OH is 1. The molecular weight excluding hydrogens is 523 g/mol. The molecule has 0 spiro atoms. The Kier molecular flexibility index (Phi) is 13.6. The smallest absolute Gasteiger partial charge is 0.323 e. The van der Waals surface area contributed by atoms with Crippen molar-refractivity contribution in [3.05, 3.63) is 58.7 Å². The van der Waals surface area contributed by atoms with Gasteiger partial charge in [-0.1, -0.05) is 12.1 Å². The number of aliphatic hydroxyl groups is 1. The van der Waals surface area contributed by atoms with E-state index in [2.05, 4.69) is 36.7 Å². The summed E-state index contributed by atoms with van der Waals surface area (Å²) in [5.74, 6) is -0.594. The predicted molar refractivity (Wildman–Crippen MR) is 133 cm³/mol. The lowest BCUT2D eigenvalue weighted by Crippen LogP contribution is -2.42. The summed E-state index contributed by atoms with van der Waals surface area (Å²) in [6, 6.07) is 9.46. The van der Waals surface area contributed by atoms with E-state index in [1.165, 1.54) is 7.11 Å². The number of hydrogen-bond acceptors (Lipinski definition) is 9. The molecule has 2 aromatic rings. The van der Waals surface area contributed by atoms with Gasteiger partial charge < -0.3 is 35.8 Å². The lowest BCUT2D eigenvalue weighted by atomic mass is 9.96. The van der Waals surface area contributed by atoms with Crippen LogP contribution in [0, 0.1) is 0 Å². The summed E-state index contributed by atoms with van der Waals surface area (Å²) < 4.78 is 13.8. The third-order valence-electron chi connectivity index (χ3n) is 5.09. The quantitative estimate of drug-likeness (QED) is 0.239. The fourth-order valence-electron chi connectivity index (χ4n) is 3.49. The van der Waals surface area contributed by atoms with Crippen molar-refractivity contribution in [2.24, 2.45) is 0 Å². The standard InChI is InChI=1S/C11H13NO3.C10H11NO3.CH4O.Cl2OS/c1-15-11(14)10-5-7-2-3-9(13)4-8(7)6-12-10;12-8-2-1-6-4-9(10(13)14)11-5-7(6)3-8;1-2;1-4(2)3/h2-4,10,12-13H,5-6H2,1H3;1-3,9,11-12H,4-5H2,(H,13,14);2H,1H3;. The SMILES string of the molecule is CO.COC(=O)C1Cc2ccc(O)cc2CN1.O=C(O)C1Cc2ccc(O)cc2CN1.O=S(Cl)Cl. The molecule has 35 heavy (non-hydrogen) atoms. The molecule has 2 heterocycles. The first-order chi connectivity index (χ1) is 16.6. The van der Waals surface area contributed by atoms with Crippen LogP contribution in [0.2, 0.25) is 0 Å². The second kappa shape index (κ2) is 15.6. The number of carboxylic acid groups (broad SMARTS) is 1. The van der Waals surface area contributed by atoms with Crippen LogP contribution in [0.25, 0.3) is 0 Å². The van der Waals surface area contributed by atoms with Crippen LogP contribution in [0.1, 0.15) is 22.3 Å². The molecule has 2 unspecified atom stereocenters. The topological polar surface area (TPSA) is 165 Å². The Hall–Kier alpha value is -2.41. The Morgan fingerprint density at radius 3 is 1.69 bits per heavy atom. The number of aliphatic carboxylic acids is 1. The molecule has 0 aliphatic carbocycles. The number of esters is 1. The summed E-state index contributed by atoms with van der Waals surface area (Å²) >= 11 is 0. The van der Waals surface area contributed by atoms with Gasteiger partial charge in [-0.25, -0.2) is 4.21 Å². The number of rotatable bonds is 2. The number of phenols is 2.